The molecule has 0 aliphatic carbocycles. The quantitative estimate of drug-likeness (QED) is 0.780. The average molecular weight is 300 g/mol. The van der Waals surface area contributed by atoms with Crippen LogP contribution in [0.25, 0.3) is 0 Å². The number of para-hydroxylation sites is 1. The number of ether oxygens (including phenoxy) is 2. The maximum atomic E-state index is 12.2. The third-order valence-corrected chi connectivity index (χ3v) is 4.15. The molecular formula is C14H20O5S. The van der Waals surface area contributed by atoms with E-state index < -0.39 is 21.4 Å². The van der Waals surface area contributed by atoms with Crippen LogP contribution in [-0.4, -0.2) is 32.9 Å². The van der Waals surface area contributed by atoms with E-state index in [9.17, 15) is 13.2 Å². The highest BCUT2D eigenvalue weighted by Gasteiger charge is 2.23. The molecule has 5 nitrogen and oxygen atoms in total. The standard InChI is InChI=1S/C14H20O5S/c1-14(2,3)19-13(15)9-10-20(16,17)12-8-6-5-7-11(12)18-4/h5-8H,9-10H2,1-4H3. The highest BCUT2D eigenvalue weighted by Crippen LogP contribution is 2.24. The van der Waals surface area contributed by atoms with Crippen LogP contribution in [-0.2, 0) is 19.4 Å². The lowest BCUT2D eigenvalue weighted by atomic mass is 10.2. The lowest BCUT2D eigenvalue weighted by molar-refractivity contribution is -0.154. The SMILES string of the molecule is COc1ccccc1S(=O)(=O)CCC(=O)OC(C)(C)C. The molecule has 0 atom stereocenters. The van der Waals surface area contributed by atoms with Gasteiger partial charge in [-0.05, 0) is 32.9 Å². The summed E-state index contributed by atoms with van der Waals surface area (Å²) in [6, 6.07) is 6.33. The van der Waals surface area contributed by atoms with Crippen LogP contribution in [0.1, 0.15) is 27.2 Å². The van der Waals surface area contributed by atoms with Crippen molar-refractivity contribution < 1.29 is 22.7 Å². The topological polar surface area (TPSA) is 69.7 Å². The summed E-state index contributed by atoms with van der Waals surface area (Å²) in [6.07, 6.45) is -0.183. The van der Waals surface area contributed by atoms with Crippen LogP contribution < -0.4 is 4.74 Å². The molecule has 20 heavy (non-hydrogen) atoms. The van der Waals surface area contributed by atoms with Crippen molar-refractivity contribution in [3.63, 3.8) is 0 Å². The van der Waals surface area contributed by atoms with Crippen LogP contribution in [0, 0.1) is 0 Å². The minimum atomic E-state index is -3.58. The first-order valence-electron chi connectivity index (χ1n) is 6.23. The van der Waals surface area contributed by atoms with Gasteiger partial charge in [0.25, 0.3) is 0 Å². The van der Waals surface area contributed by atoms with Crippen LogP contribution >= 0.6 is 0 Å². The number of hydrogen-bond acceptors (Lipinski definition) is 5. The van der Waals surface area contributed by atoms with E-state index in [2.05, 4.69) is 0 Å². The van der Waals surface area contributed by atoms with E-state index in [4.69, 9.17) is 9.47 Å². The fourth-order valence-corrected chi connectivity index (χ4v) is 3.00. The Morgan fingerprint density at radius 2 is 1.80 bits per heavy atom. The van der Waals surface area contributed by atoms with E-state index in [1.807, 2.05) is 0 Å². The van der Waals surface area contributed by atoms with Crippen molar-refractivity contribution in [1.29, 1.82) is 0 Å². The average Bonchev–Trinajstić information content (AvgIpc) is 2.34. The number of sulfone groups is 1. The maximum Gasteiger partial charge on any atom is 0.307 e. The van der Waals surface area contributed by atoms with E-state index in [0.717, 1.165) is 0 Å². The Morgan fingerprint density at radius 1 is 1.20 bits per heavy atom. The molecule has 0 amide bonds. The molecule has 0 unspecified atom stereocenters. The summed E-state index contributed by atoms with van der Waals surface area (Å²) in [5.41, 5.74) is -0.620. The summed E-state index contributed by atoms with van der Waals surface area (Å²) in [5, 5.41) is 0. The second-order valence-corrected chi connectivity index (χ2v) is 7.38. The van der Waals surface area contributed by atoms with Crippen molar-refractivity contribution in [1.82, 2.24) is 0 Å². The number of carbonyl (C=O) groups excluding carboxylic acids is 1. The first-order valence-corrected chi connectivity index (χ1v) is 7.88. The van der Waals surface area contributed by atoms with Crippen molar-refractivity contribution >= 4 is 15.8 Å². The fraction of sp³-hybridized carbons (Fsp3) is 0.500. The maximum absolute atomic E-state index is 12.2. The van der Waals surface area contributed by atoms with E-state index >= 15 is 0 Å². The van der Waals surface area contributed by atoms with Crippen molar-refractivity contribution in [2.45, 2.75) is 37.7 Å². The van der Waals surface area contributed by atoms with Gasteiger partial charge < -0.3 is 9.47 Å². The fourth-order valence-electron chi connectivity index (χ4n) is 1.60. The van der Waals surface area contributed by atoms with Gasteiger partial charge in [-0.1, -0.05) is 12.1 Å². The summed E-state index contributed by atoms with van der Waals surface area (Å²) in [6.45, 7) is 5.21. The zero-order valence-corrected chi connectivity index (χ0v) is 13.0. The van der Waals surface area contributed by atoms with E-state index in [-0.39, 0.29) is 22.8 Å². The molecule has 6 heteroatoms. The number of benzene rings is 1. The van der Waals surface area contributed by atoms with Crippen LogP contribution in [0.4, 0.5) is 0 Å². The van der Waals surface area contributed by atoms with E-state index in [1.165, 1.54) is 13.2 Å². The van der Waals surface area contributed by atoms with Crippen LogP contribution in [0.15, 0.2) is 29.2 Å². The summed E-state index contributed by atoms with van der Waals surface area (Å²) in [7, 11) is -2.17. The Hall–Kier alpha value is -1.56. The molecule has 1 aromatic carbocycles. The number of rotatable bonds is 5. The smallest absolute Gasteiger partial charge is 0.307 e. The van der Waals surface area contributed by atoms with Crippen LogP contribution in [0.3, 0.4) is 0 Å². The molecule has 0 bridgehead atoms. The van der Waals surface area contributed by atoms with Gasteiger partial charge in [-0.25, -0.2) is 8.42 Å². The Labute approximate surface area is 119 Å². The summed E-state index contributed by atoms with van der Waals surface area (Å²) >= 11 is 0. The molecule has 0 spiro atoms. The Balaban J connectivity index is 2.79. The molecule has 0 saturated carbocycles. The Kier molecular flexibility index (Phi) is 5.16. The molecule has 1 rings (SSSR count). The lowest BCUT2D eigenvalue weighted by Gasteiger charge is -2.19. The molecular weight excluding hydrogens is 280 g/mol. The Bertz CT molecular complexity index is 569. The van der Waals surface area contributed by atoms with E-state index in [1.54, 1.807) is 39.0 Å². The van der Waals surface area contributed by atoms with Gasteiger partial charge in [-0.2, -0.15) is 0 Å². The van der Waals surface area contributed by atoms with Crippen LogP contribution in [0.2, 0.25) is 0 Å². The first kappa shape index (κ1) is 16.5. The molecule has 0 aliphatic rings. The zero-order chi connectivity index (χ0) is 15.4. The Morgan fingerprint density at radius 3 is 2.35 bits per heavy atom. The minimum absolute atomic E-state index is 0.0889. The number of hydrogen-bond donors (Lipinski definition) is 0. The number of carbonyl (C=O) groups is 1. The van der Waals surface area contributed by atoms with Gasteiger partial charge in [-0.15, -0.1) is 0 Å². The summed E-state index contributed by atoms with van der Waals surface area (Å²) in [4.78, 5) is 11.7. The second-order valence-electron chi connectivity index (χ2n) is 5.31. The molecule has 0 N–H and O–H groups in total. The van der Waals surface area contributed by atoms with E-state index in [0.29, 0.717) is 0 Å². The van der Waals surface area contributed by atoms with Gasteiger partial charge in [0.05, 0.1) is 19.3 Å². The van der Waals surface area contributed by atoms with Gasteiger partial charge in [-0.3, -0.25) is 4.79 Å². The van der Waals surface area contributed by atoms with Crippen molar-refractivity contribution in [3.05, 3.63) is 24.3 Å². The normalized spacial score (nSPS) is 12.0. The van der Waals surface area contributed by atoms with Crippen molar-refractivity contribution in [2.24, 2.45) is 0 Å². The second kappa shape index (κ2) is 6.26. The monoisotopic (exact) mass is 300 g/mol. The molecule has 0 radical (unpaired) electrons. The zero-order valence-electron chi connectivity index (χ0n) is 12.2. The third kappa shape index (κ3) is 4.85. The number of esters is 1. The van der Waals surface area contributed by atoms with Gasteiger partial charge in [0.2, 0.25) is 0 Å². The lowest BCUT2D eigenvalue weighted by Crippen LogP contribution is -2.25. The third-order valence-electron chi connectivity index (χ3n) is 2.40. The van der Waals surface area contributed by atoms with Crippen LogP contribution in [0.5, 0.6) is 5.75 Å². The van der Waals surface area contributed by atoms with Gasteiger partial charge >= 0.3 is 5.97 Å². The molecule has 0 heterocycles. The largest absolute Gasteiger partial charge is 0.495 e. The summed E-state index contributed by atoms with van der Waals surface area (Å²) in [5.74, 6) is -0.560. The predicted octanol–water partition coefficient (Wildman–Crippen LogP) is 2.20. The molecule has 1 aromatic rings. The predicted molar refractivity (Wildman–Crippen MR) is 75.5 cm³/mol. The van der Waals surface area contributed by atoms with Crippen molar-refractivity contribution in [3.8, 4) is 5.75 Å². The summed E-state index contributed by atoms with van der Waals surface area (Å²) < 4.78 is 34.5. The molecule has 112 valence electrons. The highest BCUT2D eigenvalue weighted by atomic mass is 32.2. The van der Waals surface area contributed by atoms with Crippen molar-refractivity contribution in [2.75, 3.05) is 12.9 Å². The molecule has 0 fully saturated rings. The first-order chi connectivity index (χ1) is 9.15. The molecule has 0 saturated heterocycles. The number of methoxy groups -OCH3 is 1. The molecule has 0 aromatic heterocycles. The van der Waals surface area contributed by atoms with Gasteiger partial charge in [0, 0.05) is 0 Å². The molecule has 0 aliphatic heterocycles. The van der Waals surface area contributed by atoms with Gasteiger partial charge in [0.15, 0.2) is 9.84 Å². The highest BCUT2D eigenvalue weighted by molar-refractivity contribution is 7.91. The van der Waals surface area contributed by atoms with Gasteiger partial charge in [0.1, 0.15) is 16.2 Å². The minimum Gasteiger partial charge on any atom is -0.495 e.